The third-order valence-electron chi connectivity index (χ3n) is 3.71. The lowest BCUT2D eigenvalue weighted by Gasteiger charge is -2.14. The Morgan fingerprint density at radius 1 is 1.20 bits per heavy atom. The van der Waals surface area contributed by atoms with Gasteiger partial charge in [0.25, 0.3) is 0 Å². The number of phenolic OH excluding ortho intramolecular Hbond substituents is 1. The van der Waals surface area contributed by atoms with Gasteiger partial charge in [-0.2, -0.15) is 0 Å². The van der Waals surface area contributed by atoms with Crippen molar-refractivity contribution in [3.05, 3.63) is 17.7 Å². The molecule has 4 nitrogen and oxygen atoms in total. The highest BCUT2D eigenvalue weighted by molar-refractivity contribution is 5.51. The Labute approximate surface area is 121 Å². The lowest BCUT2D eigenvalue weighted by Crippen LogP contribution is -2.25. The van der Waals surface area contributed by atoms with Crippen LogP contribution in [-0.2, 0) is 6.54 Å². The van der Waals surface area contributed by atoms with E-state index in [-0.39, 0.29) is 12.5 Å². The summed E-state index contributed by atoms with van der Waals surface area (Å²) in [4.78, 5) is 0. The third kappa shape index (κ3) is 4.04. The van der Waals surface area contributed by atoms with Crippen molar-refractivity contribution in [2.24, 2.45) is 0 Å². The molecule has 112 valence electrons. The van der Waals surface area contributed by atoms with Gasteiger partial charge >= 0.3 is 0 Å². The molecule has 0 aliphatic carbocycles. The summed E-state index contributed by atoms with van der Waals surface area (Å²) in [5, 5.41) is 13.4. The van der Waals surface area contributed by atoms with Crippen LogP contribution < -0.4 is 14.8 Å². The monoisotopic (exact) mass is 279 g/mol. The first-order valence-corrected chi connectivity index (χ1v) is 7.55. The van der Waals surface area contributed by atoms with E-state index < -0.39 is 0 Å². The smallest absolute Gasteiger partial charge is 0.231 e. The molecule has 0 spiro atoms. The normalized spacial score (nSPS) is 14.5. The van der Waals surface area contributed by atoms with Crippen LogP contribution in [0.3, 0.4) is 0 Å². The topological polar surface area (TPSA) is 50.7 Å². The summed E-state index contributed by atoms with van der Waals surface area (Å²) in [6.07, 6.45) is 6.32. The van der Waals surface area contributed by atoms with Gasteiger partial charge in [0.2, 0.25) is 6.79 Å². The fraction of sp³-hybridized carbons (Fsp3) is 0.625. The quantitative estimate of drug-likeness (QED) is 0.714. The Hall–Kier alpha value is -1.42. The molecule has 2 N–H and O–H groups in total. The molecule has 1 unspecified atom stereocenters. The van der Waals surface area contributed by atoms with E-state index in [4.69, 9.17) is 9.47 Å². The molecule has 20 heavy (non-hydrogen) atoms. The number of aromatic hydroxyl groups is 1. The van der Waals surface area contributed by atoms with Crippen LogP contribution >= 0.6 is 0 Å². The van der Waals surface area contributed by atoms with Crippen molar-refractivity contribution in [1.82, 2.24) is 5.32 Å². The predicted octanol–water partition coefficient (Wildman–Crippen LogP) is 3.57. The van der Waals surface area contributed by atoms with Crippen LogP contribution in [0.1, 0.15) is 51.5 Å². The van der Waals surface area contributed by atoms with Crippen molar-refractivity contribution in [2.45, 2.75) is 58.5 Å². The number of hydrogen-bond acceptors (Lipinski definition) is 4. The van der Waals surface area contributed by atoms with Crippen molar-refractivity contribution in [2.75, 3.05) is 6.79 Å². The molecule has 4 heteroatoms. The molecule has 1 aromatic rings. The van der Waals surface area contributed by atoms with Crippen LogP contribution in [0, 0.1) is 0 Å². The van der Waals surface area contributed by atoms with Crippen molar-refractivity contribution >= 4 is 0 Å². The Morgan fingerprint density at radius 2 is 1.95 bits per heavy atom. The molecule has 1 atom stereocenters. The van der Waals surface area contributed by atoms with E-state index in [0.29, 0.717) is 18.3 Å². The highest BCUT2D eigenvalue weighted by atomic mass is 16.7. The number of ether oxygens (including phenoxy) is 2. The SMILES string of the molecule is CCCCCCC(C)NCc1cc2c(cc1O)OCO2. The molecular formula is C16H25NO3. The van der Waals surface area contributed by atoms with Crippen molar-refractivity contribution in [3.8, 4) is 17.2 Å². The maximum absolute atomic E-state index is 9.96. The number of unbranched alkanes of at least 4 members (excludes halogenated alkanes) is 3. The largest absolute Gasteiger partial charge is 0.507 e. The molecule has 1 aliphatic heterocycles. The first-order chi connectivity index (χ1) is 9.70. The van der Waals surface area contributed by atoms with E-state index in [9.17, 15) is 5.11 Å². The second-order valence-corrected chi connectivity index (χ2v) is 5.47. The van der Waals surface area contributed by atoms with E-state index >= 15 is 0 Å². The molecule has 0 amide bonds. The number of phenols is 1. The Bertz CT molecular complexity index is 434. The minimum absolute atomic E-state index is 0.236. The van der Waals surface area contributed by atoms with Crippen LogP contribution in [0.2, 0.25) is 0 Å². The minimum atomic E-state index is 0.236. The van der Waals surface area contributed by atoms with Gasteiger partial charge in [-0.05, 0) is 19.4 Å². The summed E-state index contributed by atoms with van der Waals surface area (Å²) in [7, 11) is 0. The molecule has 2 rings (SSSR count). The molecule has 0 aromatic heterocycles. The van der Waals surface area contributed by atoms with Gasteiger partial charge in [-0.3, -0.25) is 0 Å². The first-order valence-electron chi connectivity index (χ1n) is 7.55. The number of fused-ring (bicyclic) bond motifs is 1. The fourth-order valence-electron chi connectivity index (χ4n) is 2.38. The van der Waals surface area contributed by atoms with Crippen LogP contribution in [0.15, 0.2) is 12.1 Å². The van der Waals surface area contributed by atoms with Gasteiger partial charge in [0.05, 0.1) is 0 Å². The second kappa shape index (κ2) is 7.39. The molecular weight excluding hydrogens is 254 g/mol. The summed E-state index contributed by atoms with van der Waals surface area (Å²) in [5.41, 5.74) is 0.856. The van der Waals surface area contributed by atoms with Crippen LogP contribution in [0.4, 0.5) is 0 Å². The Balaban J connectivity index is 1.79. The van der Waals surface area contributed by atoms with Gasteiger partial charge in [-0.1, -0.05) is 32.6 Å². The lowest BCUT2D eigenvalue weighted by atomic mass is 10.1. The fourth-order valence-corrected chi connectivity index (χ4v) is 2.38. The standard InChI is InChI=1S/C16H25NO3/c1-3-4-5-6-7-12(2)17-10-13-8-15-16(9-14(13)18)20-11-19-15/h8-9,12,17-18H,3-7,10-11H2,1-2H3. The summed E-state index contributed by atoms with van der Waals surface area (Å²) >= 11 is 0. The van der Waals surface area contributed by atoms with E-state index in [2.05, 4.69) is 19.2 Å². The Morgan fingerprint density at radius 3 is 2.70 bits per heavy atom. The van der Waals surface area contributed by atoms with Crippen molar-refractivity contribution < 1.29 is 14.6 Å². The number of hydrogen-bond donors (Lipinski definition) is 2. The summed E-state index contributed by atoms with van der Waals surface area (Å²) in [6, 6.07) is 3.94. The predicted molar refractivity (Wildman–Crippen MR) is 79.3 cm³/mol. The molecule has 0 radical (unpaired) electrons. The van der Waals surface area contributed by atoms with Crippen LogP contribution in [0.5, 0.6) is 17.2 Å². The first kappa shape index (κ1) is 15.0. The average molecular weight is 279 g/mol. The van der Waals surface area contributed by atoms with E-state index in [1.165, 1.54) is 32.1 Å². The van der Waals surface area contributed by atoms with Crippen LogP contribution in [0.25, 0.3) is 0 Å². The number of rotatable bonds is 8. The highest BCUT2D eigenvalue weighted by Crippen LogP contribution is 2.37. The highest BCUT2D eigenvalue weighted by Gasteiger charge is 2.17. The molecule has 0 bridgehead atoms. The van der Waals surface area contributed by atoms with Gasteiger partial charge < -0.3 is 19.9 Å². The van der Waals surface area contributed by atoms with Gasteiger partial charge in [-0.25, -0.2) is 0 Å². The zero-order valence-electron chi connectivity index (χ0n) is 12.4. The summed E-state index contributed by atoms with van der Waals surface area (Å²) in [6.45, 7) is 5.30. The Kier molecular flexibility index (Phi) is 5.53. The van der Waals surface area contributed by atoms with Gasteiger partial charge in [-0.15, -0.1) is 0 Å². The second-order valence-electron chi connectivity index (χ2n) is 5.47. The third-order valence-corrected chi connectivity index (χ3v) is 3.71. The van der Waals surface area contributed by atoms with Gasteiger partial charge in [0.15, 0.2) is 11.5 Å². The summed E-state index contributed by atoms with van der Waals surface area (Å²) in [5.74, 6) is 1.61. The molecule has 0 fully saturated rings. The lowest BCUT2D eigenvalue weighted by molar-refractivity contribution is 0.174. The van der Waals surface area contributed by atoms with Crippen LogP contribution in [-0.4, -0.2) is 17.9 Å². The van der Waals surface area contributed by atoms with Gasteiger partial charge in [0.1, 0.15) is 5.75 Å². The van der Waals surface area contributed by atoms with Crippen molar-refractivity contribution in [1.29, 1.82) is 0 Å². The zero-order valence-corrected chi connectivity index (χ0v) is 12.4. The zero-order chi connectivity index (χ0) is 14.4. The molecule has 0 saturated heterocycles. The molecule has 0 saturated carbocycles. The van der Waals surface area contributed by atoms with E-state index in [1.807, 2.05) is 6.07 Å². The maximum Gasteiger partial charge on any atom is 0.231 e. The minimum Gasteiger partial charge on any atom is -0.507 e. The number of benzene rings is 1. The number of nitrogens with one attached hydrogen (secondary N) is 1. The van der Waals surface area contributed by atoms with Crippen molar-refractivity contribution in [3.63, 3.8) is 0 Å². The molecule has 1 aromatic carbocycles. The average Bonchev–Trinajstić information content (AvgIpc) is 2.88. The summed E-state index contributed by atoms with van der Waals surface area (Å²) < 4.78 is 10.6. The van der Waals surface area contributed by atoms with Gasteiger partial charge in [0, 0.05) is 24.2 Å². The maximum atomic E-state index is 9.96. The van der Waals surface area contributed by atoms with E-state index in [0.717, 1.165) is 11.3 Å². The molecule has 1 heterocycles. The molecule has 1 aliphatic rings. The van der Waals surface area contributed by atoms with E-state index in [1.54, 1.807) is 6.07 Å².